The molecule has 1 unspecified atom stereocenters. The molecule has 3 N–H and O–H groups in total. The molecule has 1 aromatic heterocycles. The lowest BCUT2D eigenvalue weighted by molar-refractivity contribution is -0.385. The van der Waals surface area contributed by atoms with Crippen LogP contribution in [0.4, 0.5) is 23.1 Å². The fourth-order valence-corrected chi connectivity index (χ4v) is 3.42. The Hall–Kier alpha value is -2.74. The van der Waals surface area contributed by atoms with Crippen LogP contribution in [0.25, 0.3) is 0 Å². The fraction of sp³-hybridized carbons (Fsp3) is 0.500. The zero-order valence-electron chi connectivity index (χ0n) is 16.5. The zero-order valence-corrected chi connectivity index (χ0v) is 16.5. The van der Waals surface area contributed by atoms with Crippen molar-refractivity contribution in [3.05, 3.63) is 45.6 Å². The molecule has 3 rings (SSSR count). The summed E-state index contributed by atoms with van der Waals surface area (Å²) < 4.78 is 0. The van der Waals surface area contributed by atoms with E-state index in [9.17, 15) is 10.1 Å². The molecule has 0 spiro atoms. The van der Waals surface area contributed by atoms with Gasteiger partial charge in [0.05, 0.1) is 4.92 Å². The predicted molar refractivity (Wildman–Crippen MR) is 111 cm³/mol. The standard InChI is InChI=1S/C20H28N6O2/c1-3-4-7-16-12-19(25-10-5-6-15(21)13-25)24-20(22-16)23-17-9-8-14(2)18(11-17)26(27)28/h8-9,11-12,15H,3-7,10,13,21H2,1-2H3,(H,22,23,24). The van der Waals surface area contributed by atoms with E-state index in [4.69, 9.17) is 5.73 Å². The highest BCUT2D eigenvalue weighted by atomic mass is 16.6. The van der Waals surface area contributed by atoms with Crippen LogP contribution in [0.15, 0.2) is 24.3 Å². The number of nitrogens with two attached hydrogens (primary N) is 1. The average molecular weight is 384 g/mol. The number of nitrogens with one attached hydrogen (secondary N) is 1. The van der Waals surface area contributed by atoms with Crippen molar-refractivity contribution >= 4 is 23.1 Å². The molecule has 0 amide bonds. The third-order valence-electron chi connectivity index (χ3n) is 5.00. The van der Waals surface area contributed by atoms with Crippen molar-refractivity contribution in [2.75, 3.05) is 23.3 Å². The van der Waals surface area contributed by atoms with Gasteiger partial charge in [-0.15, -0.1) is 0 Å². The molecule has 1 saturated heterocycles. The third kappa shape index (κ3) is 4.95. The van der Waals surface area contributed by atoms with E-state index in [0.29, 0.717) is 17.2 Å². The molecule has 1 fully saturated rings. The van der Waals surface area contributed by atoms with Crippen LogP contribution >= 0.6 is 0 Å². The Morgan fingerprint density at radius 3 is 2.89 bits per heavy atom. The Morgan fingerprint density at radius 1 is 1.36 bits per heavy atom. The SMILES string of the molecule is CCCCc1cc(N2CCCC(N)C2)nc(Nc2ccc(C)c([N+](=O)[O-])c2)n1. The molecular formula is C20H28N6O2. The van der Waals surface area contributed by atoms with E-state index < -0.39 is 0 Å². The summed E-state index contributed by atoms with van der Waals surface area (Å²) in [5, 5.41) is 14.4. The Kier molecular flexibility index (Phi) is 6.41. The molecule has 8 heteroatoms. The number of nitro groups is 1. The average Bonchev–Trinajstić information content (AvgIpc) is 2.67. The molecule has 1 atom stereocenters. The van der Waals surface area contributed by atoms with E-state index in [2.05, 4.69) is 27.1 Å². The van der Waals surface area contributed by atoms with Gasteiger partial charge in [-0.1, -0.05) is 19.4 Å². The first-order chi connectivity index (χ1) is 13.5. The molecule has 0 bridgehead atoms. The summed E-state index contributed by atoms with van der Waals surface area (Å²) in [5.74, 6) is 1.32. The minimum atomic E-state index is -0.375. The molecular weight excluding hydrogens is 356 g/mol. The van der Waals surface area contributed by atoms with E-state index in [1.807, 2.05) is 6.07 Å². The van der Waals surface area contributed by atoms with Crippen LogP contribution in [0, 0.1) is 17.0 Å². The van der Waals surface area contributed by atoms with Crippen LogP contribution in [-0.4, -0.2) is 34.0 Å². The number of hydrogen-bond donors (Lipinski definition) is 2. The molecule has 0 saturated carbocycles. The first-order valence-corrected chi connectivity index (χ1v) is 9.87. The fourth-order valence-electron chi connectivity index (χ4n) is 3.42. The first-order valence-electron chi connectivity index (χ1n) is 9.87. The number of hydrogen-bond acceptors (Lipinski definition) is 7. The largest absolute Gasteiger partial charge is 0.355 e. The number of aryl methyl sites for hydroxylation is 2. The van der Waals surface area contributed by atoms with Gasteiger partial charge in [-0.25, -0.2) is 4.98 Å². The lowest BCUT2D eigenvalue weighted by Crippen LogP contribution is -2.43. The minimum Gasteiger partial charge on any atom is -0.355 e. The van der Waals surface area contributed by atoms with Crippen molar-refractivity contribution in [2.24, 2.45) is 5.73 Å². The molecule has 0 radical (unpaired) electrons. The molecule has 8 nitrogen and oxygen atoms in total. The Labute approximate surface area is 165 Å². The first kappa shape index (κ1) is 20.0. The van der Waals surface area contributed by atoms with E-state index in [1.54, 1.807) is 19.1 Å². The van der Waals surface area contributed by atoms with Gasteiger partial charge in [0.15, 0.2) is 0 Å². The lowest BCUT2D eigenvalue weighted by Gasteiger charge is -2.32. The molecule has 150 valence electrons. The number of nitrogens with zero attached hydrogens (tertiary/aromatic N) is 4. The van der Waals surface area contributed by atoms with Gasteiger partial charge >= 0.3 is 0 Å². The number of rotatable bonds is 7. The molecule has 28 heavy (non-hydrogen) atoms. The minimum absolute atomic E-state index is 0.0781. The maximum absolute atomic E-state index is 11.2. The highest BCUT2D eigenvalue weighted by molar-refractivity contribution is 5.61. The van der Waals surface area contributed by atoms with Crippen molar-refractivity contribution in [2.45, 2.75) is 52.0 Å². The van der Waals surface area contributed by atoms with Crippen LogP contribution < -0.4 is 16.0 Å². The number of benzene rings is 1. The highest BCUT2D eigenvalue weighted by Crippen LogP contribution is 2.26. The second-order valence-corrected chi connectivity index (χ2v) is 7.38. The van der Waals surface area contributed by atoms with Gasteiger partial charge in [-0.05, 0) is 38.7 Å². The summed E-state index contributed by atoms with van der Waals surface area (Å²) in [6, 6.07) is 7.25. The third-order valence-corrected chi connectivity index (χ3v) is 5.00. The second kappa shape index (κ2) is 8.97. The van der Waals surface area contributed by atoms with E-state index in [-0.39, 0.29) is 16.7 Å². The van der Waals surface area contributed by atoms with E-state index in [0.717, 1.165) is 56.7 Å². The van der Waals surface area contributed by atoms with Crippen LogP contribution in [-0.2, 0) is 6.42 Å². The molecule has 1 aliphatic rings. The Morgan fingerprint density at radius 2 is 2.18 bits per heavy atom. The quantitative estimate of drug-likeness (QED) is 0.553. The van der Waals surface area contributed by atoms with Gasteiger partial charge in [-0.3, -0.25) is 10.1 Å². The molecule has 2 aromatic rings. The summed E-state index contributed by atoms with van der Waals surface area (Å²) in [6.07, 6.45) is 5.08. The number of piperidine rings is 1. The summed E-state index contributed by atoms with van der Waals surface area (Å²) in [4.78, 5) is 22.3. The molecule has 0 aliphatic carbocycles. The zero-order chi connectivity index (χ0) is 20.1. The summed E-state index contributed by atoms with van der Waals surface area (Å²) in [6.45, 7) is 5.57. The van der Waals surface area contributed by atoms with Gasteiger partial charge in [0.1, 0.15) is 5.82 Å². The normalized spacial score (nSPS) is 16.8. The predicted octanol–water partition coefficient (Wildman–Crippen LogP) is 3.71. The van der Waals surface area contributed by atoms with Crippen LogP contribution in [0.2, 0.25) is 0 Å². The van der Waals surface area contributed by atoms with Gasteiger partial charge in [0, 0.05) is 48.2 Å². The van der Waals surface area contributed by atoms with E-state index in [1.165, 1.54) is 6.07 Å². The Balaban J connectivity index is 1.89. The highest BCUT2D eigenvalue weighted by Gasteiger charge is 2.20. The number of unbranched alkanes of at least 4 members (excludes halogenated alkanes) is 1. The maximum Gasteiger partial charge on any atom is 0.274 e. The monoisotopic (exact) mass is 384 g/mol. The van der Waals surface area contributed by atoms with Crippen LogP contribution in [0.3, 0.4) is 0 Å². The molecule has 1 aromatic carbocycles. The number of nitro benzene ring substituents is 1. The van der Waals surface area contributed by atoms with Gasteiger partial charge in [0.25, 0.3) is 5.69 Å². The summed E-state index contributed by atoms with van der Waals surface area (Å²) in [7, 11) is 0. The second-order valence-electron chi connectivity index (χ2n) is 7.38. The maximum atomic E-state index is 11.2. The van der Waals surface area contributed by atoms with Gasteiger partial charge in [-0.2, -0.15) is 4.98 Å². The van der Waals surface area contributed by atoms with Crippen molar-refractivity contribution in [3.8, 4) is 0 Å². The van der Waals surface area contributed by atoms with Gasteiger partial charge < -0.3 is 16.0 Å². The van der Waals surface area contributed by atoms with Crippen molar-refractivity contribution < 1.29 is 4.92 Å². The molecule has 2 heterocycles. The smallest absolute Gasteiger partial charge is 0.274 e. The van der Waals surface area contributed by atoms with E-state index >= 15 is 0 Å². The van der Waals surface area contributed by atoms with Crippen molar-refractivity contribution in [3.63, 3.8) is 0 Å². The lowest BCUT2D eigenvalue weighted by atomic mass is 10.1. The topological polar surface area (TPSA) is 110 Å². The number of anilines is 3. The Bertz CT molecular complexity index is 841. The number of aromatic nitrogens is 2. The summed E-state index contributed by atoms with van der Waals surface area (Å²) in [5.41, 5.74) is 8.41. The van der Waals surface area contributed by atoms with Gasteiger partial charge in [0.2, 0.25) is 5.95 Å². The van der Waals surface area contributed by atoms with Crippen molar-refractivity contribution in [1.29, 1.82) is 0 Å². The van der Waals surface area contributed by atoms with Crippen LogP contribution in [0.5, 0.6) is 0 Å². The van der Waals surface area contributed by atoms with Crippen molar-refractivity contribution in [1.82, 2.24) is 9.97 Å². The summed E-state index contributed by atoms with van der Waals surface area (Å²) >= 11 is 0. The molecule has 1 aliphatic heterocycles. The van der Waals surface area contributed by atoms with Crippen LogP contribution in [0.1, 0.15) is 43.9 Å².